The Morgan fingerprint density at radius 1 is 1.50 bits per heavy atom. The molecule has 3 rings (SSSR count). The Morgan fingerprint density at radius 3 is 3.00 bits per heavy atom. The molecule has 0 spiro atoms. The van der Waals surface area contributed by atoms with Crippen LogP contribution < -0.4 is 5.32 Å². The van der Waals surface area contributed by atoms with Gasteiger partial charge in [0.1, 0.15) is 6.26 Å². The Labute approximate surface area is 144 Å². The fourth-order valence-electron chi connectivity index (χ4n) is 2.75. The quantitative estimate of drug-likeness (QED) is 0.860. The number of carbonyl (C=O) groups excluding carboxylic acids is 2. The van der Waals surface area contributed by atoms with Crippen molar-refractivity contribution in [1.82, 2.24) is 15.0 Å². The zero-order valence-electron chi connectivity index (χ0n) is 13.7. The first-order chi connectivity index (χ1) is 11.6. The minimum absolute atomic E-state index is 0.203. The molecule has 3 heterocycles. The predicted octanol–water partition coefficient (Wildman–Crippen LogP) is 2.35. The summed E-state index contributed by atoms with van der Waals surface area (Å²) >= 11 is 1.64. The number of carbonyl (C=O) groups is 2. The first-order valence-corrected chi connectivity index (χ1v) is 8.92. The van der Waals surface area contributed by atoms with Gasteiger partial charge in [0.2, 0.25) is 0 Å². The van der Waals surface area contributed by atoms with Crippen LogP contribution in [0.1, 0.15) is 41.9 Å². The molecular weight excluding hydrogens is 328 g/mol. The largest absolute Gasteiger partial charge is 0.362 e. The normalized spacial score (nSPS) is 17.8. The summed E-state index contributed by atoms with van der Waals surface area (Å²) in [5.41, 5.74) is 1.76. The van der Waals surface area contributed by atoms with E-state index in [4.69, 9.17) is 4.52 Å². The third-order valence-electron chi connectivity index (χ3n) is 4.16. The monoisotopic (exact) mass is 348 g/mol. The highest BCUT2D eigenvalue weighted by atomic mass is 32.1. The second kappa shape index (κ2) is 7.12. The highest BCUT2D eigenvalue weighted by Crippen LogP contribution is 2.29. The van der Waals surface area contributed by atoms with Gasteiger partial charge in [0.15, 0.2) is 5.82 Å². The molecule has 1 aliphatic rings. The third kappa shape index (κ3) is 3.48. The number of rotatable bonds is 3. The summed E-state index contributed by atoms with van der Waals surface area (Å²) in [5.74, 6) is -0.723. The van der Waals surface area contributed by atoms with Crippen molar-refractivity contribution < 1.29 is 14.1 Å². The lowest BCUT2D eigenvalue weighted by Gasteiger charge is -2.31. The number of amides is 2. The van der Waals surface area contributed by atoms with Crippen LogP contribution in [-0.4, -0.2) is 39.9 Å². The molecule has 0 aromatic carbocycles. The average Bonchev–Trinajstić information content (AvgIpc) is 3.24. The lowest BCUT2D eigenvalue weighted by Crippen LogP contribution is -2.44. The van der Waals surface area contributed by atoms with Crippen LogP contribution in [0.15, 0.2) is 16.2 Å². The minimum atomic E-state index is -0.680. The first-order valence-electron chi connectivity index (χ1n) is 8.04. The smallest absolute Gasteiger partial charge is 0.315 e. The van der Waals surface area contributed by atoms with Crippen LogP contribution in [0, 0.1) is 6.92 Å². The molecule has 1 N–H and O–H groups in total. The Hall–Kier alpha value is -2.22. The number of piperidine rings is 1. The zero-order chi connectivity index (χ0) is 17.1. The molecule has 0 bridgehead atoms. The fourth-order valence-corrected chi connectivity index (χ4v) is 3.78. The summed E-state index contributed by atoms with van der Waals surface area (Å²) in [7, 11) is 0. The standard InChI is InChI=1S/C16H20N4O3S/c1-3-12-9-24-15(17-12)11-5-4-6-20(7-11)16(22)14(21)18-13-10(2)8-23-19-13/h8-9,11H,3-7H2,1-2H3,(H,18,19,21). The molecule has 2 amide bonds. The van der Waals surface area contributed by atoms with Crippen LogP contribution >= 0.6 is 11.3 Å². The van der Waals surface area contributed by atoms with Crippen molar-refractivity contribution >= 4 is 29.0 Å². The van der Waals surface area contributed by atoms with Crippen LogP contribution in [0.5, 0.6) is 0 Å². The van der Waals surface area contributed by atoms with Crippen molar-refractivity contribution in [3.63, 3.8) is 0 Å². The van der Waals surface area contributed by atoms with Gasteiger partial charge in [-0.3, -0.25) is 14.9 Å². The maximum atomic E-state index is 12.4. The van der Waals surface area contributed by atoms with Gasteiger partial charge in [0.05, 0.1) is 10.7 Å². The summed E-state index contributed by atoms with van der Waals surface area (Å²) in [5, 5.41) is 9.30. The van der Waals surface area contributed by atoms with Crippen molar-refractivity contribution in [2.24, 2.45) is 0 Å². The van der Waals surface area contributed by atoms with Crippen molar-refractivity contribution in [2.45, 2.75) is 39.0 Å². The highest BCUT2D eigenvalue weighted by molar-refractivity contribution is 7.09. The van der Waals surface area contributed by atoms with Gasteiger partial charge in [-0.25, -0.2) is 4.98 Å². The molecule has 0 radical (unpaired) electrons. The van der Waals surface area contributed by atoms with Crippen LogP contribution in [0.4, 0.5) is 5.82 Å². The topological polar surface area (TPSA) is 88.3 Å². The Bertz CT molecular complexity index is 739. The van der Waals surface area contributed by atoms with E-state index in [0.717, 1.165) is 30.0 Å². The van der Waals surface area contributed by atoms with Crippen LogP contribution in [-0.2, 0) is 16.0 Å². The lowest BCUT2D eigenvalue weighted by atomic mass is 9.98. The maximum absolute atomic E-state index is 12.4. The van der Waals surface area contributed by atoms with Crippen molar-refractivity contribution in [1.29, 1.82) is 0 Å². The van der Waals surface area contributed by atoms with Crippen LogP contribution in [0.2, 0.25) is 0 Å². The molecule has 1 fully saturated rings. The number of nitrogens with zero attached hydrogens (tertiary/aromatic N) is 3. The SMILES string of the molecule is CCc1csc(C2CCCN(C(=O)C(=O)Nc3nocc3C)C2)n1. The van der Waals surface area contributed by atoms with E-state index in [-0.39, 0.29) is 11.7 Å². The Kier molecular flexibility index (Phi) is 4.94. The summed E-state index contributed by atoms with van der Waals surface area (Å²) in [4.78, 5) is 30.8. The predicted molar refractivity (Wildman–Crippen MR) is 89.9 cm³/mol. The third-order valence-corrected chi connectivity index (χ3v) is 5.22. The van der Waals surface area contributed by atoms with Gasteiger partial charge >= 0.3 is 11.8 Å². The van der Waals surface area contributed by atoms with E-state index >= 15 is 0 Å². The number of hydrogen-bond acceptors (Lipinski definition) is 6. The summed E-state index contributed by atoms with van der Waals surface area (Å²) < 4.78 is 4.76. The Balaban J connectivity index is 1.64. The van der Waals surface area contributed by atoms with Gasteiger partial charge in [-0.1, -0.05) is 12.1 Å². The first kappa shape index (κ1) is 16.6. The number of aryl methyl sites for hydroxylation is 2. The lowest BCUT2D eigenvalue weighted by molar-refractivity contribution is -0.144. The molecule has 7 nitrogen and oxygen atoms in total. The maximum Gasteiger partial charge on any atom is 0.315 e. The van der Waals surface area contributed by atoms with Gasteiger partial charge in [0, 0.05) is 30.0 Å². The van der Waals surface area contributed by atoms with Crippen molar-refractivity contribution in [3.8, 4) is 0 Å². The molecule has 0 aliphatic carbocycles. The summed E-state index contributed by atoms with van der Waals surface area (Å²) in [6.07, 6.45) is 4.19. The van der Waals surface area contributed by atoms with Gasteiger partial charge in [-0.05, 0) is 26.2 Å². The molecule has 2 aromatic rings. The molecule has 0 saturated carbocycles. The van der Waals surface area contributed by atoms with Gasteiger partial charge < -0.3 is 9.42 Å². The molecule has 1 atom stereocenters. The molecule has 1 saturated heterocycles. The number of anilines is 1. The van der Waals surface area contributed by atoms with E-state index in [1.165, 1.54) is 6.26 Å². The molecule has 24 heavy (non-hydrogen) atoms. The van der Waals surface area contributed by atoms with Crippen molar-refractivity contribution in [2.75, 3.05) is 18.4 Å². The van der Waals surface area contributed by atoms with Crippen LogP contribution in [0.25, 0.3) is 0 Å². The summed E-state index contributed by atoms with van der Waals surface area (Å²) in [6, 6.07) is 0. The van der Waals surface area contributed by atoms with E-state index in [9.17, 15) is 9.59 Å². The van der Waals surface area contributed by atoms with Gasteiger partial charge in [-0.15, -0.1) is 11.3 Å². The van der Waals surface area contributed by atoms with Crippen LogP contribution in [0.3, 0.4) is 0 Å². The number of hydrogen-bond donors (Lipinski definition) is 1. The molecular formula is C16H20N4O3S. The molecule has 128 valence electrons. The Morgan fingerprint density at radius 2 is 2.33 bits per heavy atom. The number of likely N-dealkylation sites (tertiary alicyclic amines) is 1. The second-order valence-electron chi connectivity index (χ2n) is 5.92. The highest BCUT2D eigenvalue weighted by Gasteiger charge is 2.30. The summed E-state index contributed by atoms with van der Waals surface area (Å²) in [6.45, 7) is 4.94. The zero-order valence-corrected chi connectivity index (χ0v) is 14.6. The average molecular weight is 348 g/mol. The van der Waals surface area contributed by atoms with E-state index in [0.29, 0.717) is 18.7 Å². The van der Waals surface area contributed by atoms with Gasteiger partial charge in [-0.2, -0.15) is 0 Å². The van der Waals surface area contributed by atoms with Gasteiger partial charge in [0.25, 0.3) is 0 Å². The fraction of sp³-hybridized carbons (Fsp3) is 0.500. The number of nitrogens with one attached hydrogen (secondary N) is 1. The molecule has 8 heteroatoms. The second-order valence-corrected chi connectivity index (χ2v) is 6.81. The van der Waals surface area contributed by atoms with E-state index < -0.39 is 11.8 Å². The number of aromatic nitrogens is 2. The molecule has 1 aliphatic heterocycles. The number of thiazole rings is 1. The minimum Gasteiger partial charge on any atom is -0.362 e. The van der Waals surface area contributed by atoms with Crippen molar-refractivity contribution in [3.05, 3.63) is 27.9 Å². The molecule has 1 unspecified atom stereocenters. The van der Waals surface area contributed by atoms with E-state index in [2.05, 4.69) is 27.8 Å². The molecule has 2 aromatic heterocycles. The van der Waals surface area contributed by atoms with E-state index in [1.54, 1.807) is 23.2 Å². The van der Waals surface area contributed by atoms with E-state index in [1.807, 2.05) is 0 Å².